The molecule has 4 nitrogen and oxygen atoms in total. The number of allylic oxidation sites excluding steroid dienone is 2. The first kappa shape index (κ1) is 12.4. The van der Waals surface area contributed by atoms with E-state index in [2.05, 4.69) is 5.10 Å². The lowest BCUT2D eigenvalue weighted by Crippen LogP contribution is -2.27. The topological polar surface area (TPSA) is 52.9 Å². The molecule has 1 aromatic carbocycles. The van der Waals surface area contributed by atoms with E-state index in [9.17, 15) is 4.79 Å². The molecule has 2 heterocycles. The number of aliphatic carboxylic acids is 1. The van der Waals surface area contributed by atoms with Crippen LogP contribution in [0.3, 0.4) is 0 Å². The van der Waals surface area contributed by atoms with Crippen LogP contribution in [0.15, 0.2) is 47.1 Å². The van der Waals surface area contributed by atoms with Gasteiger partial charge in [-0.1, -0.05) is 24.3 Å². The van der Waals surface area contributed by atoms with Crippen LogP contribution in [0.4, 0.5) is 0 Å². The Morgan fingerprint density at radius 1 is 1.28 bits per heavy atom. The molecule has 5 heteroatoms. The molecular weight excluding hydrogens is 252 g/mol. The first-order valence-corrected chi connectivity index (χ1v) is 5.31. The molecule has 92 valence electrons. The number of carbonyl (C=O) groups is 1. The standard InChI is InChI=1S/C13H10N2O2.ClH/c16-13(17)10-5-6-12-11-4-2-1-3-9(11)7-14-15(12)8-10;/h1-7H,8H2,(H,16,17);1H. The fourth-order valence-corrected chi connectivity index (χ4v) is 2.01. The van der Waals surface area contributed by atoms with Crippen molar-refractivity contribution in [1.82, 2.24) is 5.01 Å². The highest BCUT2D eigenvalue weighted by Crippen LogP contribution is 2.29. The number of hydrogen-bond donors (Lipinski definition) is 1. The van der Waals surface area contributed by atoms with Crippen molar-refractivity contribution in [2.24, 2.45) is 5.10 Å². The highest BCUT2D eigenvalue weighted by molar-refractivity contribution is 5.94. The summed E-state index contributed by atoms with van der Waals surface area (Å²) in [5.74, 6) is -0.894. The molecule has 1 N–H and O–H groups in total. The number of fused-ring (bicyclic) bond motifs is 3. The van der Waals surface area contributed by atoms with Gasteiger partial charge in [-0.25, -0.2) is 4.79 Å². The van der Waals surface area contributed by atoms with E-state index in [1.807, 2.05) is 30.3 Å². The number of nitrogens with zero attached hydrogens (tertiary/aromatic N) is 2. The summed E-state index contributed by atoms with van der Waals surface area (Å²) in [6, 6.07) is 7.93. The summed E-state index contributed by atoms with van der Waals surface area (Å²) < 4.78 is 0. The zero-order valence-corrected chi connectivity index (χ0v) is 10.2. The van der Waals surface area contributed by atoms with Crippen molar-refractivity contribution < 1.29 is 9.90 Å². The normalized spacial score (nSPS) is 15.9. The van der Waals surface area contributed by atoms with Gasteiger partial charge in [-0.3, -0.25) is 5.01 Å². The molecule has 0 saturated heterocycles. The highest BCUT2D eigenvalue weighted by Gasteiger charge is 2.23. The summed E-state index contributed by atoms with van der Waals surface area (Å²) in [4.78, 5) is 10.9. The number of benzene rings is 1. The molecule has 1 aromatic rings. The summed E-state index contributed by atoms with van der Waals surface area (Å²) in [5.41, 5.74) is 3.45. The first-order valence-electron chi connectivity index (χ1n) is 5.31. The first-order chi connectivity index (χ1) is 8.25. The van der Waals surface area contributed by atoms with Crippen LogP contribution in [0, 0.1) is 0 Å². The molecule has 0 amide bonds. The fourth-order valence-electron chi connectivity index (χ4n) is 2.01. The molecule has 0 aliphatic carbocycles. The van der Waals surface area contributed by atoms with E-state index >= 15 is 0 Å². The zero-order valence-electron chi connectivity index (χ0n) is 9.41. The average molecular weight is 263 g/mol. The van der Waals surface area contributed by atoms with Crippen molar-refractivity contribution in [2.45, 2.75) is 0 Å². The van der Waals surface area contributed by atoms with Gasteiger partial charge in [0, 0.05) is 11.1 Å². The van der Waals surface area contributed by atoms with E-state index in [4.69, 9.17) is 5.11 Å². The summed E-state index contributed by atoms with van der Waals surface area (Å²) >= 11 is 0. The maximum atomic E-state index is 10.9. The van der Waals surface area contributed by atoms with Gasteiger partial charge >= 0.3 is 5.97 Å². The van der Waals surface area contributed by atoms with Gasteiger partial charge in [0.25, 0.3) is 0 Å². The van der Waals surface area contributed by atoms with Crippen molar-refractivity contribution in [3.63, 3.8) is 0 Å². The predicted molar refractivity (Wildman–Crippen MR) is 71.7 cm³/mol. The van der Waals surface area contributed by atoms with Crippen LogP contribution < -0.4 is 0 Å². The van der Waals surface area contributed by atoms with Crippen molar-refractivity contribution in [3.8, 4) is 0 Å². The van der Waals surface area contributed by atoms with Gasteiger partial charge in [-0.15, -0.1) is 12.4 Å². The molecule has 0 fully saturated rings. The molecule has 0 spiro atoms. The zero-order chi connectivity index (χ0) is 11.8. The summed E-state index contributed by atoms with van der Waals surface area (Å²) in [6.07, 6.45) is 5.21. The fraction of sp³-hybridized carbons (Fsp3) is 0.0769. The van der Waals surface area contributed by atoms with Crippen molar-refractivity contribution in [1.29, 1.82) is 0 Å². The second-order valence-electron chi connectivity index (χ2n) is 3.94. The van der Waals surface area contributed by atoms with E-state index in [0.717, 1.165) is 16.8 Å². The Labute approximate surface area is 110 Å². The van der Waals surface area contributed by atoms with E-state index < -0.39 is 5.97 Å². The average Bonchev–Trinajstić information content (AvgIpc) is 2.38. The van der Waals surface area contributed by atoms with E-state index in [1.54, 1.807) is 17.3 Å². The smallest absolute Gasteiger partial charge is 0.333 e. The van der Waals surface area contributed by atoms with Crippen LogP contribution in [0.25, 0.3) is 5.70 Å². The van der Waals surface area contributed by atoms with Gasteiger partial charge in [0.05, 0.1) is 24.0 Å². The lowest BCUT2D eigenvalue weighted by molar-refractivity contribution is -0.132. The Bertz CT molecular complexity index is 590. The molecule has 0 unspecified atom stereocenters. The molecule has 0 radical (unpaired) electrons. The van der Waals surface area contributed by atoms with E-state index in [0.29, 0.717) is 12.1 Å². The maximum absolute atomic E-state index is 10.9. The van der Waals surface area contributed by atoms with Gasteiger partial charge in [-0.05, 0) is 12.2 Å². The van der Waals surface area contributed by atoms with Gasteiger partial charge < -0.3 is 5.11 Å². The van der Waals surface area contributed by atoms with Crippen LogP contribution >= 0.6 is 12.4 Å². The third-order valence-electron chi connectivity index (χ3n) is 2.89. The second kappa shape index (κ2) is 4.66. The van der Waals surface area contributed by atoms with Crippen molar-refractivity contribution in [3.05, 3.63) is 53.1 Å². The Kier molecular flexibility index (Phi) is 3.21. The molecule has 3 rings (SSSR count). The molecule has 0 bridgehead atoms. The van der Waals surface area contributed by atoms with Gasteiger partial charge in [-0.2, -0.15) is 5.10 Å². The molecule has 0 atom stereocenters. The van der Waals surface area contributed by atoms with Crippen LogP contribution in [-0.4, -0.2) is 28.8 Å². The number of halogens is 1. The molecule has 2 aliphatic heterocycles. The van der Waals surface area contributed by atoms with Crippen molar-refractivity contribution in [2.75, 3.05) is 6.54 Å². The number of rotatable bonds is 1. The summed E-state index contributed by atoms with van der Waals surface area (Å²) in [7, 11) is 0. The predicted octanol–water partition coefficient (Wildman–Crippen LogP) is 2.12. The van der Waals surface area contributed by atoms with Gasteiger partial charge in [0.2, 0.25) is 0 Å². The molecular formula is C13H11ClN2O2. The summed E-state index contributed by atoms with van der Waals surface area (Å²) in [5, 5.41) is 14.9. The van der Waals surface area contributed by atoms with E-state index in [1.165, 1.54) is 0 Å². The largest absolute Gasteiger partial charge is 0.478 e. The minimum Gasteiger partial charge on any atom is -0.478 e. The highest BCUT2D eigenvalue weighted by atomic mass is 35.5. The van der Waals surface area contributed by atoms with Crippen LogP contribution in [0.2, 0.25) is 0 Å². The quantitative estimate of drug-likeness (QED) is 0.843. The third kappa shape index (κ3) is 1.91. The Morgan fingerprint density at radius 2 is 2.06 bits per heavy atom. The Balaban J connectivity index is 0.00000120. The molecule has 2 aliphatic rings. The number of hydrogen-bond acceptors (Lipinski definition) is 3. The monoisotopic (exact) mass is 262 g/mol. The lowest BCUT2D eigenvalue weighted by atomic mass is 10.0. The Hall–Kier alpha value is -2.07. The van der Waals surface area contributed by atoms with Crippen LogP contribution in [0.5, 0.6) is 0 Å². The number of carboxylic acid groups (broad SMARTS) is 1. The van der Waals surface area contributed by atoms with Crippen LogP contribution in [0.1, 0.15) is 11.1 Å². The SMILES string of the molecule is Cl.O=C(O)C1=CC=C2c3ccccc3C=NN2C1. The van der Waals surface area contributed by atoms with Crippen LogP contribution in [-0.2, 0) is 4.79 Å². The van der Waals surface area contributed by atoms with E-state index in [-0.39, 0.29) is 12.4 Å². The van der Waals surface area contributed by atoms with Gasteiger partial charge in [0.1, 0.15) is 0 Å². The number of carboxylic acids is 1. The third-order valence-corrected chi connectivity index (χ3v) is 2.89. The van der Waals surface area contributed by atoms with Gasteiger partial charge in [0.15, 0.2) is 0 Å². The Morgan fingerprint density at radius 3 is 2.83 bits per heavy atom. The molecule has 18 heavy (non-hydrogen) atoms. The summed E-state index contributed by atoms with van der Waals surface area (Å²) in [6.45, 7) is 0.312. The lowest BCUT2D eigenvalue weighted by Gasteiger charge is -2.29. The molecule has 0 aromatic heterocycles. The molecule has 0 saturated carbocycles. The number of hydrazone groups is 1. The minimum absolute atomic E-state index is 0. The van der Waals surface area contributed by atoms with Crippen molar-refractivity contribution >= 4 is 30.3 Å². The second-order valence-corrected chi connectivity index (χ2v) is 3.94. The maximum Gasteiger partial charge on any atom is 0.333 e. The minimum atomic E-state index is -0.894.